The predicted molar refractivity (Wildman–Crippen MR) is 85.8 cm³/mol. The molecule has 0 unspecified atom stereocenters. The summed E-state index contributed by atoms with van der Waals surface area (Å²) in [4.78, 5) is 0. The van der Waals surface area contributed by atoms with Crippen molar-refractivity contribution in [3.63, 3.8) is 0 Å². The molecule has 0 aliphatic heterocycles. The number of rotatable bonds is 8. The third-order valence-corrected chi connectivity index (χ3v) is 3.67. The molecule has 1 aromatic carbocycles. The fourth-order valence-corrected chi connectivity index (χ4v) is 2.42. The Balaban J connectivity index is 1.88. The molecular formula is C16H20Cl2NO2+. The molecule has 0 saturated carbocycles. The molecule has 3 nitrogen and oxygen atoms in total. The van der Waals surface area contributed by atoms with Crippen LogP contribution in [0.2, 0.25) is 10.0 Å². The Morgan fingerprint density at radius 2 is 2.05 bits per heavy atom. The Hall–Kier alpha value is -1.00. The molecule has 2 N–H and O–H groups in total. The fourth-order valence-electron chi connectivity index (χ4n) is 2.04. The SMILES string of the molecule is CCOCCC[NH2+]Cc1ccc(-c2cc(Cl)ccc2Cl)o1. The molecule has 2 rings (SSSR count). The van der Waals surface area contributed by atoms with E-state index >= 15 is 0 Å². The van der Waals surface area contributed by atoms with Crippen LogP contribution in [0, 0.1) is 0 Å². The van der Waals surface area contributed by atoms with Gasteiger partial charge in [-0.05, 0) is 37.3 Å². The molecule has 0 amide bonds. The lowest BCUT2D eigenvalue weighted by Crippen LogP contribution is -2.82. The minimum Gasteiger partial charge on any atom is -0.455 e. The molecule has 1 heterocycles. The first-order valence-electron chi connectivity index (χ1n) is 7.14. The van der Waals surface area contributed by atoms with Crippen LogP contribution in [0.3, 0.4) is 0 Å². The summed E-state index contributed by atoms with van der Waals surface area (Å²) >= 11 is 12.2. The molecule has 0 aliphatic carbocycles. The summed E-state index contributed by atoms with van der Waals surface area (Å²) in [7, 11) is 0. The van der Waals surface area contributed by atoms with E-state index < -0.39 is 0 Å². The molecule has 0 atom stereocenters. The molecule has 5 heteroatoms. The van der Waals surface area contributed by atoms with Gasteiger partial charge in [-0.25, -0.2) is 0 Å². The standard InChI is InChI=1S/C16H19Cl2NO2/c1-2-20-9-3-8-19-11-13-5-7-16(21-13)14-10-12(17)4-6-15(14)18/h4-7,10,19H,2-3,8-9,11H2,1H3/p+1. The maximum atomic E-state index is 6.17. The van der Waals surface area contributed by atoms with Gasteiger partial charge in [0.25, 0.3) is 0 Å². The van der Waals surface area contributed by atoms with Crippen LogP contribution in [-0.2, 0) is 11.3 Å². The van der Waals surface area contributed by atoms with Crippen molar-refractivity contribution in [3.05, 3.63) is 46.1 Å². The largest absolute Gasteiger partial charge is 0.455 e. The number of hydrogen-bond acceptors (Lipinski definition) is 2. The third-order valence-electron chi connectivity index (χ3n) is 3.10. The van der Waals surface area contributed by atoms with Crippen molar-refractivity contribution < 1.29 is 14.5 Å². The van der Waals surface area contributed by atoms with Crippen LogP contribution in [0.5, 0.6) is 0 Å². The van der Waals surface area contributed by atoms with Gasteiger partial charge in [-0.2, -0.15) is 0 Å². The van der Waals surface area contributed by atoms with Crippen molar-refractivity contribution in [1.82, 2.24) is 0 Å². The highest BCUT2D eigenvalue weighted by atomic mass is 35.5. The van der Waals surface area contributed by atoms with Crippen LogP contribution in [0.25, 0.3) is 11.3 Å². The summed E-state index contributed by atoms with van der Waals surface area (Å²) in [6.07, 6.45) is 1.04. The number of nitrogens with two attached hydrogens (primary N) is 1. The Morgan fingerprint density at radius 3 is 2.86 bits per heavy atom. The molecule has 0 saturated heterocycles. The second-order valence-electron chi connectivity index (χ2n) is 4.72. The summed E-state index contributed by atoms with van der Waals surface area (Å²) in [6.45, 7) is 5.43. The van der Waals surface area contributed by atoms with E-state index in [1.807, 2.05) is 25.1 Å². The van der Waals surface area contributed by atoms with E-state index in [1.165, 1.54) is 0 Å². The highest BCUT2D eigenvalue weighted by Gasteiger charge is 2.10. The van der Waals surface area contributed by atoms with E-state index in [9.17, 15) is 0 Å². The number of ether oxygens (including phenoxy) is 1. The molecule has 0 fully saturated rings. The lowest BCUT2D eigenvalue weighted by Gasteiger charge is -2.02. The first-order chi connectivity index (χ1) is 10.2. The molecule has 21 heavy (non-hydrogen) atoms. The van der Waals surface area contributed by atoms with Crippen molar-refractivity contribution in [1.29, 1.82) is 0 Å². The molecule has 0 radical (unpaired) electrons. The number of quaternary nitrogens is 1. The van der Waals surface area contributed by atoms with Crippen molar-refractivity contribution in [2.75, 3.05) is 19.8 Å². The van der Waals surface area contributed by atoms with Gasteiger partial charge < -0.3 is 14.5 Å². The highest BCUT2D eigenvalue weighted by Crippen LogP contribution is 2.31. The van der Waals surface area contributed by atoms with E-state index in [0.717, 1.165) is 49.8 Å². The fraction of sp³-hybridized carbons (Fsp3) is 0.375. The lowest BCUT2D eigenvalue weighted by atomic mass is 10.2. The Morgan fingerprint density at radius 1 is 1.19 bits per heavy atom. The minimum absolute atomic E-state index is 0.640. The summed E-state index contributed by atoms with van der Waals surface area (Å²) in [5.74, 6) is 1.68. The van der Waals surface area contributed by atoms with Gasteiger partial charge in [-0.15, -0.1) is 0 Å². The monoisotopic (exact) mass is 328 g/mol. The van der Waals surface area contributed by atoms with Crippen LogP contribution in [0.4, 0.5) is 0 Å². The van der Waals surface area contributed by atoms with Gasteiger partial charge in [0.2, 0.25) is 0 Å². The lowest BCUT2D eigenvalue weighted by molar-refractivity contribution is -0.672. The number of furan rings is 1. The number of halogens is 2. The second-order valence-corrected chi connectivity index (χ2v) is 5.57. The van der Waals surface area contributed by atoms with Crippen molar-refractivity contribution in [2.45, 2.75) is 19.9 Å². The zero-order valence-corrected chi connectivity index (χ0v) is 13.6. The van der Waals surface area contributed by atoms with Gasteiger partial charge in [0, 0.05) is 23.6 Å². The smallest absolute Gasteiger partial charge is 0.158 e. The van der Waals surface area contributed by atoms with Gasteiger partial charge >= 0.3 is 0 Å². The van der Waals surface area contributed by atoms with Crippen molar-refractivity contribution in [3.8, 4) is 11.3 Å². The van der Waals surface area contributed by atoms with E-state index in [1.54, 1.807) is 12.1 Å². The average molecular weight is 329 g/mol. The van der Waals surface area contributed by atoms with Gasteiger partial charge in [-0.3, -0.25) is 0 Å². The van der Waals surface area contributed by atoms with Crippen molar-refractivity contribution in [2.24, 2.45) is 0 Å². The topological polar surface area (TPSA) is 39.0 Å². The zero-order chi connectivity index (χ0) is 15.1. The van der Waals surface area contributed by atoms with Gasteiger partial charge in [-0.1, -0.05) is 23.2 Å². The molecule has 114 valence electrons. The number of benzene rings is 1. The maximum absolute atomic E-state index is 6.17. The quantitative estimate of drug-likeness (QED) is 0.749. The molecule has 0 bridgehead atoms. The Kier molecular flexibility index (Phi) is 6.58. The normalized spacial score (nSPS) is 11.0. The van der Waals surface area contributed by atoms with Crippen molar-refractivity contribution >= 4 is 23.2 Å². The van der Waals surface area contributed by atoms with E-state index in [2.05, 4.69) is 5.32 Å². The van der Waals surface area contributed by atoms with E-state index in [-0.39, 0.29) is 0 Å². The van der Waals surface area contributed by atoms with Crippen LogP contribution >= 0.6 is 23.2 Å². The molecule has 0 aliphatic rings. The molecular weight excluding hydrogens is 309 g/mol. The third kappa shape index (κ3) is 5.04. The number of hydrogen-bond donors (Lipinski definition) is 1. The first kappa shape index (κ1) is 16.4. The van der Waals surface area contributed by atoms with Crippen LogP contribution in [0.15, 0.2) is 34.7 Å². The maximum Gasteiger partial charge on any atom is 0.158 e. The van der Waals surface area contributed by atoms with Gasteiger partial charge in [0.1, 0.15) is 12.3 Å². The highest BCUT2D eigenvalue weighted by molar-refractivity contribution is 6.35. The summed E-state index contributed by atoms with van der Waals surface area (Å²) in [5, 5.41) is 3.50. The first-order valence-corrected chi connectivity index (χ1v) is 7.90. The van der Waals surface area contributed by atoms with Gasteiger partial charge in [0.05, 0.1) is 18.2 Å². The van der Waals surface area contributed by atoms with Gasteiger partial charge in [0.15, 0.2) is 5.76 Å². The second kappa shape index (κ2) is 8.44. The summed E-state index contributed by atoms with van der Waals surface area (Å²) < 4.78 is 11.1. The van der Waals surface area contributed by atoms with E-state index in [4.69, 9.17) is 32.4 Å². The summed E-state index contributed by atoms with van der Waals surface area (Å²) in [5.41, 5.74) is 0.826. The average Bonchev–Trinajstić information content (AvgIpc) is 2.94. The Labute approximate surface area is 135 Å². The molecule has 1 aromatic heterocycles. The summed E-state index contributed by atoms with van der Waals surface area (Å²) in [6, 6.07) is 9.27. The van der Waals surface area contributed by atoms with Crippen LogP contribution in [0.1, 0.15) is 19.1 Å². The molecule has 2 aromatic rings. The molecule has 0 spiro atoms. The predicted octanol–water partition coefficient (Wildman–Crippen LogP) is 3.74. The van der Waals surface area contributed by atoms with Crippen LogP contribution in [-0.4, -0.2) is 19.8 Å². The Bertz CT molecular complexity index is 569. The van der Waals surface area contributed by atoms with Crippen LogP contribution < -0.4 is 5.32 Å². The van der Waals surface area contributed by atoms with E-state index in [0.29, 0.717) is 10.0 Å². The minimum atomic E-state index is 0.640. The zero-order valence-electron chi connectivity index (χ0n) is 12.1.